The molecule has 0 atom stereocenters. The minimum absolute atomic E-state index is 0. The van der Waals surface area contributed by atoms with E-state index in [9.17, 15) is 0 Å². The number of isothiocyanates is 1. The van der Waals surface area contributed by atoms with Crippen molar-refractivity contribution in [3.8, 4) is 0 Å². The number of hydrogen-bond acceptors (Lipinski definition) is 1. The molecule has 0 saturated heterocycles. The largest absolute Gasteiger partial charge is 0.753 e. The SMILES string of the molecule is [Mn].[N-]=C=S.[NH4+]. The first-order valence-electron chi connectivity index (χ1n) is 0.428. The van der Waals surface area contributed by atoms with E-state index in [1.807, 2.05) is 0 Å². The molecule has 0 rings (SSSR count). The third-order valence-corrected chi connectivity index (χ3v) is 0. The summed E-state index contributed by atoms with van der Waals surface area (Å²) >= 11 is 3.70. The monoisotopic (exact) mass is 131 g/mol. The summed E-state index contributed by atoms with van der Waals surface area (Å²) in [5.41, 5.74) is 0. The summed E-state index contributed by atoms with van der Waals surface area (Å²) < 4.78 is 0. The van der Waals surface area contributed by atoms with Crippen LogP contribution in [0.4, 0.5) is 0 Å². The molecule has 0 aliphatic heterocycles. The van der Waals surface area contributed by atoms with E-state index in [0.29, 0.717) is 0 Å². The molecule has 31 valence electrons. The van der Waals surface area contributed by atoms with Crippen LogP contribution in [0.5, 0.6) is 0 Å². The molecule has 0 fully saturated rings. The topological polar surface area (TPSA) is 58.8 Å². The maximum absolute atomic E-state index is 7.13. The van der Waals surface area contributed by atoms with Crippen LogP contribution in [0.1, 0.15) is 0 Å². The normalized spacial score (nSPS) is 1.60. The first kappa shape index (κ1) is 18.6. The Hall–Kier alpha value is 0.279. The molecule has 0 aromatic rings. The van der Waals surface area contributed by atoms with Gasteiger partial charge < -0.3 is 11.6 Å². The molecule has 4 N–H and O–H groups in total. The van der Waals surface area contributed by atoms with Crippen molar-refractivity contribution in [2.75, 3.05) is 0 Å². The summed E-state index contributed by atoms with van der Waals surface area (Å²) in [7, 11) is 0. The molecule has 0 bridgehead atoms. The standard InChI is InChI=1S/CNS.Mn.H3N/c2-1-3;;/h;;1H3/q-1;;/p+1. The molecule has 5 heavy (non-hydrogen) atoms. The fourth-order valence-electron chi connectivity index (χ4n) is 0. The van der Waals surface area contributed by atoms with Crippen molar-refractivity contribution in [2.45, 2.75) is 0 Å². The molecule has 0 aromatic heterocycles. The number of thiocarbonyl (C=S) groups is 1. The van der Waals surface area contributed by atoms with Gasteiger partial charge in [0.05, 0.1) is 0 Å². The Labute approximate surface area is 46.5 Å². The van der Waals surface area contributed by atoms with Crippen molar-refractivity contribution >= 4 is 17.4 Å². The second-order valence-electron chi connectivity index (χ2n) is 0.0913. The Kier molecular flexibility index (Phi) is 105. The predicted octanol–water partition coefficient (Wildman–Crippen LogP) is 1.03. The predicted molar refractivity (Wildman–Crippen MR) is 21.9 cm³/mol. The summed E-state index contributed by atoms with van der Waals surface area (Å²) in [6.45, 7) is 0. The molecule has 2 nitrogen and oxygen atoms in total. The van der Waals surface area contributed by atoms with Crippen molar-refractivity contribution in [1.82, 2.24) is 6.15 Å². The zero-order chi connectivity index (χ0) is 2.71. The van der Waals surface area contributed by atoms with E-state index >= 15 is 0 Å². The van der Waals surface area contributed by atoms with E-state index in [-0.39, 0.29) is 23.2 Å². The van der Waals surface area contributed by atoms with Gasteiger partial charge in [-0.1, -0.05) is 12.2 Å². The van der Waals surface area contributed by atoms with Gasteiger partial charge in [-0.3, -0.25) is 0 Å². The van der Waals surface area contributed by atoms with Crippen molar-refractivity contribution in [2.24, 2.45) is 0 Å². The van der Waals surface area contributed by atoms with Crippen LogP contribution < -0.4 is 6.15 Å². The Morgan fingerprint density at radius 2 is 1.60 bits per heavy atom. The van der Waals surface area contributed by atoms with Gasteiger partial charge in [-0.05, 0) is 0 Å². The Morgan fingerprint density at radius 3 is 1.60 bits per heavy atom. The van der Waals surface area contributed by atoms with Crippen molar-refractivity contribution in [1.29, 1.82) is 0 Å². The quantitative estimate of drug-likeness (QED) is 0.298. The molecule has 4 heteroatoms. The molecule has 0 spiro atoms. The first-order chi connectivity index (χ1) is 1.41. The third kappa shape index (κ3) is 285. The van der Waals surface area contributed by atoms with Crippen LogP contribution in [0.25, 0.3) is 5.41 Å². The smallest absolute Gasteiger partial charge is 0 e. The molecule has 0 amide bonds. The van der Waals surface area contributed by atoms with Gasteiger partial charge in [0.25, 0.3) is 0 Å². The van der Waals surface area contributed by atoms with Crippen LogP contribution in [0.2, 0.25) is 0 Å². The van der Waals surface area contributed by atoms with Crippen LogP contribution >= 0.6 is 12.2 Å². The zero-order valence-corrected chi connectivity index (χ0v) is 4.73. The second kappa shape index (κ2) is 28.1. The van der Waals surface area contributed by atoms with E-state index in [1.165, 1.54) is 5.16 Å². The van der Waals surface area contributed by atoms with Crippen LogP contribution in [-0.4, -0.2) is 5.16 Å². The first-order valence-corrected chi connectivity index (χ1v) is 0.836. The minimum Gasteiger partial charge on any atom is -0.753 e. The molecule has 1 radical (unpaired) electrons. The number of quaternary nitrogens is 1. The number of nitrogens with zero attached hydrogens (tertiary/aromatic N) is 1. The fourth-order valence-corrected chi connectivity index (χ4v) is 0. The van der Waals surface area contributed by atoms with E-state index in [4.69, 9.17) is 5.41 Å². The van der Waals surface area contributed by atoms with Gasteiger partial charge in [0, 0.05) is 17.1 Å². The maximum Gasteiger partial charge on any atom is 0 e. The van der Waals surface area contributed by atoms with E-state index in [0.717, 1.165) is 0 Å². The Bertz CT molecular complexity index is 30.6. The molecule has 0 aliphatic rings. The van der Waals surface area contributed by atoms with Gasteiger partial charge in [-0.25, -0.2) is 0 Å². The second-order valence-corrected chi connectivity index (χ2v) is 0.274. The average Bonchev–Trinajstić information content (AvgIpc) is 0.918. The van der Waals surface area contributed by atoms with E-state index < -0.39 is 0 Å². The van der Waals surface area contributed by atoms with Crippen molar-refractivity contribution in [3.63, 3.8) is 0 Å². The van der Waals surface area contributed by atoms with Gasteiger partial charge in [0.15, 0.2) is 0 Å². The molecule has 0 heterocycles. The zero-order valence-electron chi connectivity index (χ0n) is 2.73. The Balaban J connectivity index is -0.0000000200. The van der Waals surface area contributed by atoms with Crippen molar-refractivity contribution < 1.29 is 17.1 Å². The van der Waals surface area contributed by atoms with E-state index in [1.54, 1.807) is 0 Å². The summed E-state index contributed by atoms with van der Waals surface area (Å²) in [4.78, 5) is 0. The molecular formula is CH4MnN2S. The molecule has 0 saturated carbocycles. The van der Waals surface area contributed by atoms with Crippen LogP contribution in [0.3, 0.4) is 0 Å². The number of hydrogen-bond donors (Lipinski definition) is 1. The van der Waals surface area contributed by atoms with Gasteiger partial charge in [-0.2, -0.15) is 5.16 Å². The van der Waals surface area contributed by atoms with Gasteiger partial charge in [0.2, 0.25) is 0 Å². The number of rotatable bonds is 0. The maximum atomic E-state index is 7.13. The average molecular weight is 131 g/mol. The van der Waals surface area contributed by atoms with Gasteiger partial charge >= 0.3 is 0 Å². The summed E-state index contributed by atoms with van der Waals surface area (Å²) in [6.07, 6.45) is 0. The van der Waals surface area contributed by atoms with Crippen LogP contribution in [0, 0.1) is 0 Å². The van der Waals surface area contributed by atoms with E-state index in [2.05, 4.69) is 12.2 Å². The Morgan fingerprint density at radius 1 is 1.60 bits per heavy atom. The van der Waals surface area contributed by atoms with Crippen molar-refractivity contribution in [3.05, 3.63) is 5.41 Å². The van der Waals surface area contributed by atoms with Crippen LogP contribution in [0.15, 0.2) is 0 Å². The molecule has 0 aromatic carbocycles. The molecule has 0 aliphatic carbocycles. The summed E-state index contributed by atoms with van der Waals surface area (Å²) in [6, 6.07) is 0. The van der Waals surface area contributed by atoms with Gasteiger partial charge in [0.1, 0.15) is 0 Å². The fraction of sp³-hybridized carbons (Fsp3) is 0. The van der Waals surface area contributed by atoms with Gasteiger partial charge in [-0.15, -0.1) is 0 Å². The summed E-state index contributed by atoms with van der Waals surface area (Å²) in [5.74, 6) is 0. The third-order valence-electron chi connectivity index (χ3n) is 0. The molecule has 0 unspecified atom stereocenters. The summed E-state index contributed by atoms with van der Waals surface area (Å²) in [5, 5.41) is 8.47. The van der Waals surface area contributed by atoms with Crippen LogP contribution in [-0.2, 0) is 17.1 Å². The minimum atomic E-state index is 0. The molecular weight excluding hydrogens is 127 g/mol.